The van der Waals surface area contributed by atoms with Crippen molar-refractivity contribution in [3.63, 3.8) is 0 Å². The maximum Gasteiger partial charge on any atom is 0.130 e. The zero-order chi connectivity index (χ0) is 12.1. The van der Waals surface area contributed by atoms with Crippen molar-refractivity contribution in [2.75, 3.05) is 13.2 Å². The van der Waals surface area contributed by atoms with E-state index in [1.807, 2.05) is 0 Å². The minimum atomic E-state index is -0.644. The number of nitrogens with one attached hydrogen (secondary N) is 1. The van der Waals surface area contributed by atoms with Crippen molar-refractivity contribution in [1.82, 2.24) is 5.32 Å². The van der Waals surface area contributed by atoms with Gasteiger partial charge in [0.05, 0.1) is 19.3 Å². The van der Waals surface area contributed by atoms with Gasteiger partial charge in [-0.2, -0.15) is 0 Å². The second-order valence-corrected chi connectivity index (χ2v) is 3.62. The van der Waals surface area contributed by atoms with Crippen LogP contribution >= 0.6 is 0 Å². The Balaban J connectivity index is 2.76. The van der Waals surface area contributed by atoms with Crippen molar-refractivity contribution in [2.24, 2.45) is 0 Å². The van der Waals surface area contributed by atoms with Gasteiger partial charge in [0.25, 0.3) is 0 Å². The lowest BCUT2D eigenvalue weighted by Gasteiger charge is -2.20. The van der Waals surface area contributed by atoms with Crippen molar-refractivity contribution in [3.8, 4) is 0 Å². The van der Waals surface area contributed by atoms with Crippen LogP contribution in [0.4, 0.5) is 8.78 Å². The summed E-state index contributed by atoms with van der Waals surface area (Å²) in [5.41, 5.74) is 0.299. The molecule has 1 aromatic rings. The van der Waals surface area contributed by atoms with Crippen LogP contribution in [0.3, 0.4) is 0 Å². The van der Waals surface area contributed by atoms with Crippen molar-refractivity contribution in [3.05, 3.63) is 35.4 Å². The van der Waals surface area contributed by atoms with Crippen LogP contribution < -0.4 is 5.32 Å². The first kappa shape index (κ1) is 13.0. The molecule has 1 unspecified atom stereocenters. The first-order chi connectivity index (χ1) is 7.58. The fourth-order valence-corrected chi connectivity index (χ4v) is 1.46. The van der Waals surface area contributed by atoms with E-state index in [4.69, 9.17) is 10.2 Å². The minimum Gasteiger partial charge on any atom is -0.395 e. The number of hydrogen-bond donors (Lipinski definition) is 3. The van der Waals surface area contributed by atoms with Crippen LogP contribution in [0.15, 0.2) is 18.2 Å². The number of rotatable bonds is 5. The molecule has 0 fully saturated rings. The third-order valence-electron chi connectivity index (χ3n) is 2.36. The van der Waals surface area contributed by atoms with Crippen LogP contribution in [0.5, 0.6) is 0 Å². The topological polar surface area (TPSA) is 52.5 Å². The van der Waals surface area contributed by atoms with Gasteiger partial charge in [-0.25, -0.2) is 8.78 Å². The van der Waals surface area contributed by atoms with E-state index < -0.39 is 23.7 Å². The zero-order valence-electron chi connectivity index (χ0n) is 8.95. The third-order valence-corrected chi connectivity index (χ3v) is 2.36. The summed E-state index contributed by atoms with van der Waals surface area (Å²) in [7, 11) is 0. The lowest BCUT2D eigenvalue weighted by molar-refractivity contribution is 0.163. The van der Waals surface area contributed by atoms with Crippen molar-refractivity contribution in [1.29, 1.82) is 0 Å². The van der Waals surface area contributed by atoms with Gasteiger partial charge in [0, 0.05) is 17.7 Å². The Morgan fingerprint density at radius 1 is 1.25 bits per heavy atom. The lowest BCUT2D eigenvalue weighted by Crippen LogP contribution is -2.37. The number of hydrogen-bond acceptors (Lipinski definition) is 3. The summed E-state index contributed by atoms with van der Waals surface area (Å²) in [4.78, 5) is 0. The number of aliphatic hydroxyl groups excluding tert-OH is 2. The predicted molar refractivity (Wildman–Crippen MR) is 55.9 cm³/mol. The van der Waals surface area contributed by atoms with E-state index in [-0.39, 0.29) is 13.2 Å². The maximum atomic E-state index is 13.4. The largest absolute Gasteiger partial charge is 0.395 e. The molecule has 1 rings (SSSR count). The van der Waals surface area contributed by atoms with Crippen molar-refractivity contribution in [2.45, 2.75) is 19.0 Å². The highest BCUT2D eigenvalue weighted by atomic mass is 19.1. The van der Waals surface area contributed by atoms with Gasteiger partial charge in [0.15, 0.2) is 0 Å². The molecule has 0 bridgehead atoms. The number of halogens is 2. The summed E-state index contributed by atoms with van der Waals surface area (Å²) in [6.07, 6.45) is 0. The molecule has 5 heteroatoms. The monoisotopic (exact) mass is 231 g/mol. The molecule has 0 spiro atoms. The molecule has 0 aliphatic carbocycles. The molecule has 1 aromatic carbocycles. The smallest absolute Gasteiger partial charge is 0.130 e. The second kappa shape index (κ2) is 5.89. The summed E-state index contributed by atoms with van der Waals surface area (Å²) in [5, 5.41) is 20.5. The van der Waals surface area contributed by atoms with Gasteiger partial charge in [0.2, 0.25) is 0 Å². The van der Waals surface area contributed by atoms with E-state index in [0.29, 0.717) is 5.56 Å². The molecule has 0 radical (unpaired) electrons. The van der Waals surface area contributed by atoms with E-state index in [1.54, 1.807) is 6.92 Å². The first-order valence-corrected chi connectivity index (χ1v) is 5.01. The maximum absolute atomic E-state index is 13.4. The van der Waals surface area contributed by atoms with Crippen molar-refractivity contribution >= 4 is 0 Å². The molecule has 1 atom stereocenters. The molecule has 3 N–H and O–H groups in total. The van der Waals surface area contributed by atoms with E-state index in [2.05, 4.69) is 5.32 Å². The Hall–Kier alpha value is -1.04. The second-order valence-electron chi connectivity index (χ2n) is 3.62. The van der Waals surface area contributed by atoms with Crippen LogP contribution in [0.2, 0.25) is 0 Å². The molecule has 0 aliphatic heterocycles. The Bertz CT molecular complexity index is 343. The predicted octanol–water partition coefficient (Wildman–Crippen LogP) is 0.969. The molecular weight excluding hydrogens is 216 g/mol. The molecular formula is C11H15F2NO2. The van der Waals surface area contributed by atoms with E-state index >= 15 is 0 Å². The molecule has 0 amide bonds. The Morgan fingerprint density at radius 3 is 2.38 bits per heavy atom. The van der Waals surface area contributed by atoms with E-state index in [9.17, 15) is 8.78 Å². The highest BCUT2D eigenvalue weighted by Crippen LogP contribution is 2.17. The van der Waals surface area contributed by atoms with Gasteiger partial charge >= 0.3 is 0 Å². The Kier molecular flexibility index (Phi) is 4.79. The summed E-state index contributed by atoms with van der Waals surface area (Å²) in [6.45, 7) is 1.18. The van der Waals surface area contributed by atoms with Crippen LogP contribution in [0.1, 0.15) is 18.5 Å². The fraction of sp³-hybridized carbons (Fsp3) is 0.455. The minimum absolute atomic E-state index is 0.246. The average molecular weight is 231 g/mol. The molecule has 0 heterocycles. The zero-order valence-corrected chi connectivity index (χ0v) is 8.95. The number of benzene rings is 1. The average Bonchev–Trinajstić information content (AvgIpc) is 2.25. The van der Waals surface area contributed by atoms with Crippen LogP contribution in [-0.4, -0.2) is 29.5 Å². The van der Waals surface area contributed by atoms with Crippen LogP contribution in [0, 0.1) is 11.6 Å². The van der Waals surface area contributed by atoms with Gasteiger partial charge in [-0.3, -0.25) is 0 Å². The van der Waals surface area contributed by atoms with E-state index in [1.165, 1.54) is 12.1 Å². The third kappa shape index (κ3) is 3.23. The Labute approximate surface area is 92.7 Å². The van der Waals surface area contributed by atoms with Crippen LogP contribution in [-0.2, 0) is 0 Å². The standard InChI is InChI=1S/C11H15F2NO2/c1-7(14-9(5-15)6-16)10-3-2-8(12)4-11(10)13/h2-4,7,9,14-16H,5-6H2,1H3. The molecule has 0 saturated carbocycles. The normalized spacial score (nSPS) is 13.1. The van der Waals surface area contributed by atoms with Gasteiger partial charge in [-0.05, 0) is 13.0 Å². The van der Waals surface area contributed by atoms with Crippen LogP contribution in [0.25, 0.3) is 0 Å². The fourth-order valence-electron chi connectivity index (χ4n) is 1.46. The van der Waals surface area contributed by atoms with E-state index in [0.717, 1.165) is 6.07 Å². The molecule has 16 heavy (non-hydrogen) atoms. The summed E-state index contributed by atoms with van der Waals surface area (Å²) >= 11 is 0. The quantitative estimate of drug-likeness (QED) is 0.707. The highest BCUT2D eigenvalue weighted by molar-refractivity contribution is 5.21. The SMILES string of the molecule is CC(NC(CO)CO)c1ccc(F)cc1F. The van der Waals surface area contributed by atoms with Gasteiger partial charge < -0.3 is 15.5 Å². The van der Waals surface area contributed by atoms with Gasteiger partial charge in [0.1, 0.15) is 11.6 Å². The van der Waals surface area contributed by atoms with Gasteiger partial charge in [-0.15, -0.1) is 0 Å². The molecule has 0 aromatic heterocycles. The van der Waals surface area contributed by atoms with Crippen molar-refractivity contribution < 1.29 is 19.0 Å². The molecule has 0 aliphatic rings. The summed E-state index contributed by atoms with van der Waals surface area (Å²) in [5.74, 6) is -1.27. The molecule has 90 valence electrons. The summed E-state index contributed by atoms with van der Waals surface area (Å²) < 4.78 is 26.0. The highest BCUT2D eigenvalue weighted by Gasteiger charge is 2.15. The first-order valence-electron chi connectivity index (χ1n) is 5.01. The van der Waals surface area contributed by atoms with Gasteiger partial charge in [-0.1, -0.05) is 6.07 Å². The Morgan fingerprint density at radius 2 is 1.88 bits per heavy atom. The molecule has 3 nitrogen and oxygen atoms in total. The summed E-state index contributed by atoms with van der Waals surface area (Å²) in [6, 6.07) is 2.39. The lowest BCUT2D eigenvalue weighted by atomic mass is 10.1. The molecule has 0 saturated heterocycles. The number of aliphatic hydroxyl groups is 2.